The number of rotatable bonds is 13. The third-order valence-corrected chi connectivity index (χ3v) is 8.51. The van der Waals surface area contributed by atoms with Gasteiger partial charge in [0.15, 0.2) is 0 Å². The summed E-state index contributed by atoms with van der Waals surface area (Å²) >= 11 is 12.4. The number of benzene rings is 3. The first-order valence-corrected chi connectivity index (χ1v) is 15.7. The number of methoxy groups -OCH3 is 1. The van der Waals surface area contributed by atoms with Crippen LogP contribution >= 0.6 is 23.2 Å². The average molecular weight is 621 g/mol. The van der Waals surface area contributed by atoms with Crippen LogP contribution in [0.5, 0.6) is 5.75 Å². The number of carbonyl (C=O) groups is 2. The van der Waals surface area contributed by atoms with E-state index in [2.05, 4.69) is 5.32 Å². The topological polar surface area (TPSA) is 96.0 Å². The van der Waals surface area contributed by atoms with E-state index in [-0.39, 0.29) is 36.4 Å². The molecular formula is C30H35Cl2N3O5S. The molecule has 0 fully saturated rings. The van der Waals surface area contributed by atoms with Crippen LogP contribution in [0.3, 0.4) is 0 Å². The Labute approximate surface area is 252 Å². The largest absolute Gasteiger partial charge is 0.495 e. The summed E-state index contributed by atoms with van der Waals surface area (Å²) < 4.78 is 32.3. The van der Waals surface area contributed by atoms with E-state index in [4.69, 9.17) is 27.9 Å². The molecule has 0 aliphatic carbocycles. The zero-order valence-corrected chi connectivity index (χ0v) is 25.8. The van der Waals surface area contributed by atoms with Crippen LogP contribution in [0.15, 0.2) is 72.8 Å². The first-order chi connectivity index (χ1) is 19.4. The molecule has 1 N–H and O–H groups in total. The van der Waals surface area contributed by atoms with Crippen LogP contribution in [0.1, 0.15) is 31.4 Å². The maximum Gasteiger partial charge on any atom is 0.244 e. The molecule has 0 bridgehead atoms. The lowest BCUT2D eigenvalue weighted by Crippen LogP contribution is -2.54. The molecule has 2 atom stereocenters. The molecule has 0 saturated heterocycles. The summed E-state index contributed by atoms with van der Waals surface area (Å²) in [5.41, 5.74) is 1.68. The van der Waals surface area contributed by atoms with E-state index in [0.29, 0.717) is 22.0 Å². The van der Waals surface area contributed by atoms with Gasteiger partial charge in [-0.3, -0.25) is 13.9 Å². The third-order valence-electron chi connectivity index (χ3n) is 6.64. The number of amides is 2. The lowest BCUT2D eigenvalue weighted by molar-refractivity contribution is -0.140. The summed E-state index contributed by atoms with van der Waals surface area (Å²) in [4.78, 5) is 29.3. The van der Waals surface area contributed by atoms with E-state index in [1.807, 2.05) is 44.2 Å². The Bertz CT molecular complexity index is 1450. The Morgan fingerprint density at radius 3 is 2.22 bits per heavy atom. The highest BCUT2D eigenvalue weighted by molar-refractivity contribution is 7.92. The summed E-state index contributed by atoms with van der Waals surface area (Å²) in [6.07, 6.45) is 1.93. The molecule has 2 amide bonds. The standard InChI is InChI=1S/C30H35Cl2N3O5S/c1-5-21(2)33-30(37)27(18-22-11-7-6-8-12-22)34(19-23-15-16-24(31)25(32)17-23)29(36)20-35(41(4,38)39)26-13-9-10-14-28(26)40-3/h6-17,21,27H,5,18-20H2,1-4H3,(H,33,37)/t21-,27+/m0/s1. The van der Waals surface area contributed by atoms with Crippen molar-refractivity contribution >= 4 is 50.7 Å². The minimum atomic E-state index is -3.93. The molecule has 0 aliphatic rings. The summed E-state index contributed by atoms with van der Waals surface area (Å²) in [6.45, 7) is 3.27. The second-order valence-electron chi connectivity index (χ2n) is 9.73. The smallest absolute Gasteiger partial charge is 0.244 e. The monoisotopic (exact) mass is 619 g/mol. The van der Waals surface area contributed by atoms with Gasteiger partial charge in [-0.05, 0) is 48.7 Å². The molecule has 0 spiro atoms. The summed E-state index contributed by atoms with van der Waals surface area (Å²) in [6, 6.07) is 19.8. The van der Waals surface area contributed by atoms with E-state index in [1.165, 1.54) is 12.0 Å². The van der Waals surface area contributed by atoms with Crippen molar-refractivity contribution in [2.45, 2.75) is 45.3 Å². The Kier molecular flexibility index (Phi) is 11.5. The molecular weight excluding hydrogens is 585 g/mol. The minimum Gasteiger partial charge on any atom is -0.495 e. The van der Waals surface area contributed by atoms with Gasteiger partial charge < -0.3 is 15.0 Å². The summed E-state index contributed by atoms with van der Waals surface area (Å²) in [5, 5.41) is 3.64. The molecule has 11 heteroatoms. The van der Waals surface area contributed by atoms with Gasteiger partial charge in [0.05, 0.1) is 29.1 Å². The highest BCUT2D eigenvalue weighted by atomic mass is 35.5. The second-order valence-corrected chi connectivity index (χ2v) is 12.5. The van der Waals surface area contributed by atoms with E-state index in [9.17, 15) is 18.0 Å². The molecule has 0 radical (unpaired) electrons. The van der Waals surface area contributed by atoms with Gasteiger partial charge in [0.25, 0.3) is 0 Å². The number of anilines is 1. The van der Waals surface area contributed by atoms with Crippen LogP contribution in [0.4, 0.5) is 5.69 Å². The molecule has 3 rings (SSSR count). The molecule has 220 valence electrons. The quantitative estimate of drug-likeness (QED) is 0.279. The molecule has 41 heavy (non-hydrogen) atoms. The van der Waals surface area contributed by atoms with Crippen molar-refractivity contribution < 1.29 is 22.7 Å². The molecule has 3 aromatic rings. The molecule has 0 saturated carbocycles. The molecule has 3 aromatic carbocycles. The lowest BCUT2D eigenvalue weighted by Gasteiger charge is -2.34. The van der Waals surface area contributed by atoms with Crippen LogP contribution < -0.4 is 14.4 Å². The van der Waals surface area contributed by atoms with Crippen molar-refractivity contribution in [2.75, 3.05) is 24.2 Å². The van der Waals surface area contributed by atoms with Crippen molar-refractivity contribution in [3.8, 4) is 5.75 Å². The first-order valence-electron chi connectivity index (χ1n) is 13.1. The maximum absolute atomic E-state index is 14.2. The van der Waals surface area contributed by atoms with E-state index < -0.39 is 28.5 Å². The molecule has 0 aromatic heterocycles. The fourth-order valence-electron chi connectivity index (χ4n) is 4.26. The first kappa shape index (κ1) is 32.2. The number of hydrogen-bond donors (Lipinski definition) is 1. The number of nitrogens with one attached hydrogen (secondary N) is 1. The van der Waals surface area contributed by atoms with E-state index in [0.717, 1.165) is 16.1 Å². The summed E-state index contributed by atoms with van der Waals surface area (Å²) in [7, 11) is -2.50. The van der Waals surface area contributed by atoms with Crippen LogP contribution in [-0.4, -0.2) is 57.1 Å². The zero-order chi connectivity index (χ0) is 30.2. The average Bonchev–Trinajstić information content (AvgIpc) is 2.95. The van der Waals surface area contributed by atoms with Crippen LogP contribution in [0, 0.1) is 0 Å². The van der Waals surface area contributed by atoms with Crippen molar-refractivity contribution in [2.24, 2.45) is 0 Å². The number of nitrogens with zero attached hydrogens (tertiary/aromatic N) is 2. The maximum atomic E-state index is 14.2. The molecule has 0 unspecified atom stereocenters. The van der Waals surface area contributed by atoms with Gasteiger partial charge in [-0.15, -0.1) is 0 Å². The normalized spacial score (nSPS) is 12.7. The fourth-order valence-corrected chi connectivity index (χ4v) is 5.43. The van der Waals surface area contributed by atoms with Gasteiger partial charge in [-0.2, -0.15) is 0 Å². The highest BCUT2D eigenvalue weighted by Crippen LogP contribution is 2.30. The van der Waals surface area contributed by atoms with Gasteiger partial charge in [-0.25, -0.2) is 8.42 Å². The second kappa shape index (κ2) is 14.6. The Balaban J connectivity index is 2.10. The zero-order valence-electron chi connectivity index (χ0n) is 23.5. The van der Waals surface area contributed by atoms with Gasteiger partial charge in [0.1, 0.15) is 18.3 Å². The van der Waals surface area contributed by atoms with Crippen molar-refractivity contribution in [3.05, 3.63) is 94.0 Å². The lowest BCUT2D eigenvalue weighted by atomic mass is 10.0. The number of hydrogen-bond acceptors (Lipinski definition) is 5. The third kappa shape index (κ3) is 8.86. The molecule has 0 aliphatic heterocycles. The minimum absolute atomic E-state index is 0.00925. The number of carbonyl (C=O) groups excluding carboxylic acids is 2. The van der Waals surface area contributed by atoms with Gasteiger partial charge in [0.2, 0.25) is 21.8 Å². The van der Waals surface area contributed by atoms with Crippen LogP contribution in [-0.2, 0) is 32.6 Å². The van der Waals surface area contributed by atoms with Crippen molar-refractivity contribution in [1.82, 2.24) is 10.2 Å². The van der Waals surface area contributed by atoms with Gasteiger partial charge >= 0.3 is 0 Å². The number of para-hydroxylation sites is 2. The Morgan fingerprint density at radius 1 is 0.951 bits per heavy atom. The highest BCUT2D eigenvalue weighted by Gasteiger charge is 2.34. The molecule has 0 heterocycles. The number of halogens is 2. The number of ether oxygens (including phenoxy) is 1. The fraction of sp³-hybridized carbons (Fsp3) is 0.333. The van der Waals surface area contributed by atoms with Crippen molar-refractivity contribution in [3.63, 3.8) is 0 Å². The van der Waals surface area contributed by atoms with Gasteiger partial charge in [0, 0.05) is 19.0 Å². The van der Waals surface area contributed by atoms with E-state index >= 15 is 0 Å². The van der Waals surface area contributed by atoms with Crippen LogP contribution in [0.25, 0.3) is 0 Å². The Morgan fingerprint density at radius 2 is 1.61 bits per heavy atom. The SMILES string of the molecule is CC[C@H](C)NC(=O)[C@@H](Cc1ccccc1)N(Cc1ccc(Cl)c(Cl)c1)C(=O)CN(c1ccccc1OC)S(C)(=O)=O. The number of sulfonamides is 1. The summed E-state index contributed by atoms with van der Waals surface area (Å²) in [5.74, 6) is -0.635. The predicted molar refractivity (Wildman–Crippen MR) is 164 cm³/mol. The van der Waals surface area contributed by atoms with Gasteiger partial charge in [-0.1, -0.05) is 78.7 Å². The molecule has 8 nitrogen and oxygen atoms in total. The predicted octanol–water partition coefficient (Wildman–Crippen LogP) is 5.32. The van der Waals surface area contributed by atoms with Crippen molar-refractivity contribution in [1.29, 1.82) is 0 Å². The van der Waals surface area contributed by atoms with E-state index in [1.54, 1.807) is 42.5 Å². The van der Waals surface area contributed by atoms with Crippen LogP contribution in [0.2, 0.25) is 10.0 Å². The Hall–Kier alpha value is -3.27.